The van der Waals surface area contributed by atoms with Crippen molar-refractivity contribution in [2.75, 3.05) is 0 Å². The first-order valence-electron chi connectivity index (χ1n) is 5.99. The van der Waals surface area contributed by atoms with Crippen LogP contribution in [0.2, 0.25) is 0 Å². The molecular formula is C14H16O3. The van der Waals surface area contributed by atoms with Gasteiger partial charge < -0.3 is 9.90 Å². The topological polar surface area (TPSA) is 54.4 Å². The molecule has 1 aromatic carbocycles. The Labute approximate surface area is 100 Å². The molecular weight excluding hydrogens is 216 g/mol. The molecule has 90 valence electrons. The Morgan fingerprint density at radius 1 is 1.12 bits per heavy atom. The van der Waals surface area contributed by atoms with E-state index in [1.807, 2.05) is 12.1 Å². The van der Waals surface area contributed by atoms with Gasteiger partial charge in [0.15, 0.2) is 0 Å². The number of hydrogen-bond acceptors (Lipinski definition) is 2. The number of carboxylic acid groups (broad SMARTS) is 1. The van der Waals surface area contributed by atoms with Crippen molar-refractivity contribution in [2.24, 2.45) is 5.92 Å². The molecule has 1 fully saturated rings. The summed E-state index contributed by atoms with van der Waals surface area (Å²) in [6, 6.07) is 7.11. The Balaban J connectivity index is 2.03. The van der Waals surface area contributed by atoms with E-state index in [0.717, 1.165) is 32.0 Å². The van der Waals surface area contributed by atoms with Crippen molar-refractivity contribution in [1.82, 2.24) is 0 Å². The molecule has 0 bridgehead atoms. The highest BCUT2D eigenvalue weighted by molar-refractivity contribution is 5.87. The van der Waals surface area contributed by atoms with E-state index in [0.29, 0.717) is 11.5 Å². The summed E-state index contributed by atoms with van der Waals surface area (Å²) in [5.74, 6) is -0.181. The molecule has 0 atom stereocenters. The molecule has 2 rings (SSSR count). The summed E-state index contributed by atoms with van der Waals surface area (Å²) in [6.07, 6.45) is 5.01. The third-order valence-electron chi connectivity index (χ3n) is 3.59. The number of hydrogen-bond donors (Lipinski definition) is 1. The summed E-state index contributed by atoms with van der Waals surface area (Å²) in [6.45, 7) is 0. The van der Waals surface area contributed by atoms with Gasteiger partial charge in [-0.1, -0.05) is 12.1 Å². The van der Waals surface area contributed by atoms with E-state index in [4.69, 9.17) is 5.11 Å². The van der Waals surface area contributed by atoms with Gasteiger partial charge in [-0.25, -0.2) is 4.79 Å². The zero-order valence-electron chi connectivity index (χ0n) is 9.63. The number of benzene rings is 1. The van der Waals surface area contributed by atoms with Crippen LogP contribution in [0.15, 0.2) is 24.3 Å². The largest absolute Gasteiger partial charge is 0.478 e. The molecule has 3 nitrogen and oxygen atoms in total. The summed E-state index contributed by atoms with van der Waals surface area (Å²) in [5, 5.41) is 8.81. The molecule has 0 aliphatic heterocycles. The van der Waals surface area contributed by atoms with Crippen LogP contribution in [-0.4, -0.2) is 17.4 Å². The predicted octanol–water partition coefficient (Wildman–Crippen LogP) is 2.86. The van der Waals surface area contributed by atoms with Crippen LogP contribution in [-0.2, 0) is 4.79 Å². The van der Waals surface area contributed by atoms with Crippen molar-refractivity contribution in [1.29, 1.82) is 0 Å². The Bertz CT molecular complexity index is 400. The lowest BCUT2D eigenvalue weighted by Crippen LogP contribution is -2.14. The number of carboxylic acids is 1. The van der Waals surface area contributed by atoms with Gasteiger partial charge >= 0.3 is 5.97 Å². The molecule has 0 unspecified atom stereocenters. The number of carbonyl (C=O) groups excluding carboxylic acids is 1. The average molecular weight is 232 g/mol. The van der Waals surface area contributed by atoms with E-state index >= 15 is 0 Å². The van der Waals surface area contributed by atoms with E-state index in [1.165, 1.54) is 5.56 Å². The fourth-order valence-electron chi connectivity index (χ4n) is 2.49. The zero-order chi connectivity index (χ0) is 12.3. The summed E-state index contributed by atoms with van der Waals surface area (Å²) in [7, 11) is 0. The first kappa shape index (κ1) is 11.8. The van der Waals surface area contributed by atoms with Gasteiger partial charge in [-0.15, -0.1) is 0 Å². The minimum Gasteiger partial charge on any atom is -0.478 e. The molecule has 1 aliphatic carbocycles. The summed E-state index contributed by atoms with van der Waals surface area (Å²) in [4.78, 5) is 21.4. The van der Waals surface area contributed by atoms with Crippen molar-refractivity contribution in [3.05, 3.63) is 35.4 Å². The molecule has 0 spiro atoms. The molecule has 1 saturated carbocycles. The number of rotatable bonds is 3. The third-order valence-corrected chi connectivity index (χ3v) is 3.59. The van der Waals surface area contributed by atoms with Crippen LogP contribution in [0.5, 0.6) is 0 Å². The smallest absolute Gasteiger partial charge is 0.335 e. The zero-order valence-corrected chi connectivity index (χ0v) is 9.63. The van der Waals surface area contributed by atoms with Crippen molar-refractivity contribution in [3.63, 3.8) is 0 Å². The second-order valence-corrected chi connectivity index (χ2v) is 4.67. The predicted molar refractivity (Wildman–Crippen MR) is 64.2 cm³/mol. The monoisotopic (exact) mass is 232 g/mol. The van der Waals surface area contributed by atoms with Gasteiger partial charge in [0, 0.05) is 5.92 Å². The van der Waals surface area contributed by atoms with Crippen LogP contribution < -0.4 is 0 Å². The Morgan fingerprint density at radius 3 is 2.18 bits per heavy atom. The van der Waals surface area contributed by atoms with Crippen LogP contribution >= 0.6 is 0 Å². The minimum absolute atomic E-state index is 0.226. The maximum Gasteiger partial charge on any atom is 0.335 e. The molecule has 0 saturated heterocycles. The van der Waals surface area contributed by atoms with Crippen molar-refractivity contribution in [2.45, 2.75) is 31.6 Å². The highest BCUT2D eigenvalue weighted by atomic mass is 16.4. The first-order valence-corrected chi connectivity index (χ1v) is 5.99. The fourth-order valence-corrected chi connectivity index (χ4v) is 2.49. The molecule has 1 N–H and O–H groups in total. The molecule has 0 aromatic heterocycles. The van der Waals surface area contributed by atoms with Crippen LogP contribution in [0.3, 0.4) is 0 Å². The lowest BCUT2D eigenvalue weighted by atomic mass is 9.79. The van der Waals surface area contributed by atoms with Gasteiger partial charge in [-0.3, -0.25) is 0 Å². The molecule has 0 radical (unpaired) electrons. The number of aldehydes is 1. The maximum atomic E-state index is 10.7. The van der Waals surface area contributed by atoms with E-state index in [1.54, 1.807) is 12.1 Å². The average Bonchev–Trinajstić information content (AvgIpc) is 2.39. The third kappa shape index (κ3) is 2.73. The van der Waals surface area contributed by atoms with E-state index in [2.05, 4.69) is 0 Å². The normalized spacial score (nSPS) is 24.2. The van der Waals surface area contributed by atoms with Crippen LogP contribution in [0.1, 0.15) is 47.5 Å². The molecule has 1 aliphatic rings. The second-order valence-electron chi connectivity index (χ2n) is 4.67. The Hall–Kier alpha value is -1.64. The van der Waals surface area contributed by atoms with Gasteiger partial charge in [0.05, 0.1) is 5.56 Å². The fraction of sp³-hybridized carbons (Fsp3) is 0.429. The number of aromatic carboxylic acids is 1. The summed E-state index contributed by atoms with van der Waals surface area (Å²) in [5.41, 5.74) is 1.52. The van der Waals surface area contributed by atoms with Gasteiger partial charge in [0.25, 0.3) is 0 Å². The van der Waals surface area contributed by atoms with Gasteiger partial charge in [0.1, 0.15) is 6.29 Å². The van der Waals surface area contributed by atoms with Gasteiger partial charge in [0.2, 0.25) is 0 Å². The van der Waals surface area contributed by atoms with E-state index in [-0.39, 0.29) is 5.92 Å². The standard InChI is InChI=1S/C14H16O3/c15-9-10-1-3-11(4-2-10)12-5-7-13(8-6-12)14(16)17/h5-11H,1-4H2,(H,16,17)/t10-,11-. The summed E-state index contributed by atoms with van der Waals surface area (Å²) >= 11 is 0. The lowest BCUT2D eigenvalue weighted by molar-refractivity contribution is -0.111. The SMILES string of the molecule is O=C[C@H]1CC[C@H](c2ccc(C(=O)O)cc2)CC1. The first-order chi connectivity index (χ1) is 8.20. The highest BCUT2D eigenvalue weighted by Gasteiger charge is 2.21. The van der Waals surface area contributed by atoms with Crippen LogP contribution in [0, 0.1) is 5.92 Å². The van der Waals surface area contributed by atoms with Gasteiger partial charge in [-0.05, 0) is 49.3 Å². The molecule has 3 heteroatoms. The minimum atomic E-state index is -0.888. The second kappa shape index (κ2) is 5.13. The molecule has 0 heterocycles. The van der Waals surface area contributed by atoms with Crippen molar-refractivity contribution >= 4 is 12.3 Å². The van der Waals surface area contributed by atoms with Crippen molar-refractivity contribution < 1.29 is 14.7 Å². The van der Waals surface area contributed by atoms with Gasteiger partial charge in [-0.2, -0.15) is 0 Å². The maximum absolute atomic E-state index is 10.7. The summed E-state index contributed by atoms with van der Waals surface area (Å²) < 4.78 is 0. The number of carbonyl (C=O) groups is 2. The van der Waals surface area contributed by atoms with Crippen molar-refractivity contribution in [3.8, 4) is 0 Å². The van der Waals surface area contributed by atoms with E-state index in [9.17, 15) is 9.59 Å². The van der Waals surface area contributed by atoms with Crippen LogP contribution in [0.4, 0.5) is 0 Å². The Morgan fingerprint density at radius 2 is 1.71 bits per heavy atom. The van der Waals surface area contributed by atoms with Crippen LogP contribution in [0.25, 0.3) is 0 Å². The molecule has 1 aromatic rings. The lowest BCUT2D eigenvalue weighted by Gasteiger charge is -2.25. The molecule has 17 heavy (non-hydrogen) atoms. The highest BCUT2D eigenvalue weighted by Crippen LogP contribution is 2.34. The quantitative estimate of drug-likeness (QED) is 0.815. The van der Waals surface area contributed by atoms with E-state index < -0.39 is 5.97 Å². The molecule has 0 amide bonds. The Kier molecular flexibility index (Phi) is 3.57.